The van der Waals surface area contributed by atoms with E-state index >= 15 is 0 Å². The van der Waals surface area contributed by atoms with Crippen LogP contribution in [0.5, 0.6) is 0 Å². The van der Waals surface area contributed by atoms with Gasteiger partial charge in [-0.2, -0.15) is 8.42 Å². The average molecular weight is 230 g/mol. The number of halogens is 1. The van der Waals surface area contributed by atoms with Crippen LogP contribution in [0.15, 0.2) is 24.3 Å². The first kappa shape index (κ1) is 12.2. The van der Waals surface area contributed by atoms with E-state index in [0.29, 0.717) is 5.56 Å². The van der Waals surface area contributed by atoms with E-state index in [4.69, 9.17) is 0 Å². The quantitative estimate of drug-likeness (QED) is 0.732. The van der Waals surface area contributed by atoms with Crippen molar-refractivity contribution in [2.75, 3.05) is 0 Å². The monoisotopic (exact) mass is 230 g/mol. The third kappa shape index (κ3) is 4.00. The zero-order chi connectivity index (χ0) is 11.7. The van der Waals surface area contributed by atoms with Gasteiger partial charge in [-0.25, -0.2) is 0 Å². The van der Waals surface area contributed by atoms with Crippen LogP contribution in [0.4, 0.5) is 3.89 Å². The highest BCUT2D eigenvalue weighted by Gasteiger charge is 2.15. The maximum Gasteiger partial charge on any atom is 0.306 e. The summed E-state index contributed by atoms with van der Waals surface area (Å²) >= 11 is 0. The fourth-order valence-electron chi connectivity index (χ4n) is 1.33. The maximum atomic E-state index is 12.5. The lowest BCUT2D eigenvalue weighted by molar-refractivity contribution is 0.550. The van der Waals surface area contributed by atoms with Crippen LogP contribution in [0.3, 0.4) is 0 Å². The molecule has 0 heterocycles. The molecule has 15 heavy (non-hydrogen) atoms. The average Bonchev–Trinajstić information content (AvgIpc) is 1.99. The van der Waals surface area contributed by atoms with E-state index < -0.39 is 16.0 Å². The molecule has 0 aliphatic carbocycles. The molecule has 0 radical (unpaired) electrons. The van der Waals surface area contributed by atoms with Crippen LogP contribution >= 0.6 is 0 Å². The summed E-state index contributed by atoms with van der Waals surface area (Å²) in [5.74, 6) is -0.545. The van der Waals surface area contributed by atoms with Crippen molar-refractivity contribution >= 4 is 10.2 Å². The molecule has 84 valence electrons. The van der Waals surface area contributed by atoms with Gasteiger partial charge in [0.05, 0.1) is 0 Å². The second kappa shape index (κ2) is 3.93. The van der Waals surface area contributed by atoms with Gasteiger partial charge in [0, 0.05) is 0 Å². The van der Waals surface area contributed by atoms with Gasteiger partial charge < -0.3 is 0 Å². The van der Waals surface area contributed by atoms with Gasteiger partial charge in [-0.3, -0.25) is 0 Å². The van der Waals surface area contributed by atoms with Gasteiger partial charge in [0.15, 0.2) is 0 Å². The normalized spacial score (nSPS) is 12.8. The number of hydrogen-bond donors (Lipinski definition) is 0. The van der Waals surface area contributed by atoms with E-state index in [9.17, 15) is 12.3 Å². The van der Waals surface area contributed by atoms with Crippen molar-refractivity contribution in [1.82, 2.24) is 0 Å². The molecule has 0 unspecified atom stereocenters. The summed E-state index contributed by atoms with van der Waals surface area (Å²) in [7, 11) is -4.44. The van der Waals surface area contributed by atoms with E-state index in [-0.39, 0.29) is 5.41 Å². The van der Waals surface area contributed by atoms with Crippen molar-refractivity contribution in [1.29, 1.82) is 0 Å². The predicted octanol–water partition coefficient (Wildman–Crippen LogP) is 2.78. The van der Waals surface area contributed by atoms with Crippen LogP contribution < -0.4 is 0 Å². The van der Waals surface area contributed by atoms with Crippen LogP contribution in [-0.4, -0.2) is 8.42 Å². The molecule has 0 atom stereocenters. The van der Waals surface area contributed by atoms with E-state index in [2.05, 4.69) is 0 Å². The Balaban J connectivity index is 3.04. The molecule has 1 aromatic rings. The first-order valence-electron chi connectivity index (χ1n) is 4.70. The summed E-state index contributed by atoms with van der Waals surface area (Å²) in [5.41, 5.74) is 1.43. The van der Waals surface area contributed by atoms with Gasteiger partial charge in [0.1, 0.15) is 5.75 Å². The summed E-state index contributed by atoms with van der Waals surface area (Å²) in [6.45, 7) is 6.07. The number of hydrogen-bond acceptors (Lipinski definition) is 2. The molecular formula is C11H15FO2S. The summed E-state index contributed by atoms with van der Waals surface area (Å²) in [5, 5.41) is 0. The van der Waals surface area contributed by atoms with Crippen molar-refractivity contribution in [2.45, 2.75) is 31.9 Å². The first-order valence-corrected chi connectivity index (χ1v) is 6.25. The van der Waals surface area contributed by atoms with Gasteiger partial charge in [-0.15, -0.1) is 3.89 Å². The molecule has 2 nitrogen and oxygen atoms in total. The van der Waals surface area contributed by atoms with Crippen LogP contribution in [0, 0.1) is 0 Å². The first-order chi connectivity index (χ1) is 6.68. The van der Waals surface area contributed by atoms with Crippen molar-refractivity contribution < 1.29 is 12.3 Å². The summed E-state index contributed by atoms with van der Waals surface area (Å²) < 4.78 is 33.5. The van der Waals surface area contributed by atoms with Crippen molar-refractivity contribution in [3.05, 3.63) is 35.4 Å². The summed E-state index contributed by atoms with van der Waals surface area (Å²) in [6, 6.07) is 7.01. The minimum atomic E-state index is -4.44. The van der Waals surface area contributed by atoms with Crippen LogP contribution in [0.2, 0.25) is 0 Å². The van der Waals surface area contributed by atoms with Crippen molar-refractivity contribution in [3.8, 4) is 0 Å². The largest absolute Gasteiger partial charge is 0.306 e. The Morgan fingerprint density at radius 1 is 1.27 bits per heavy atom. The predicted molar refractivity (Wildman–Crippen MR) is 58.9 cm³/mol. The Labute approximate surface area is 90.3 Å². The van der Waals surface area contributed by atoms with Gasteiger partial charge in [-0.1, -0.05) is 45.0 Å². The molecule has 0 aromatic heterocycles. The van der Waals surface area contributed by atoms with E-state index in [1.165, 1.54) is 0 Å². The summed E-state index contributed by atoms with van der Waals surface area (Å²) in [6.07, 6.45) is 0. The molecule has 1 aromatic carbocycles. The molecule has 4 heteroatoms. The Hall–Kier alpha value is -0.900. The van der Waals surface area contributed by atoms with Gasteiger partial charge in [-0.05, 0) is 16.5 Å². The Morgan fingerprint density at radius 3 is 2.33 bits per heavy atom. The molecule has 0 aliphatic rings. The molecular weight excluding hydrogens is 215 g/mol. The molecule has 0 aliphatic heterocycles. The topological polar surface area (TPSA) is 34.1 Å². The number of rotatable bonds is 2. The van der Waals surface area contributed by atoms with E-state index in [1.54, 1.807) is 18.2 Å². The van der Waals surface area contributed by atoms with Crippen LogP contribution in [-0.2, 0) is 21.4 Å². The van der Waals surface area contributed by atoms with Gasteiger partial charge >= 0.3 is 10.2 Å². The second-order valence-corrected chi connectivity index (χ2v) is 6.00. The van der Waals surface area contributed by atoms with Crippen molar-refractivity contribution in [3.63, 3.8) is 0 Å². The van der Waals surface area contributed by atoms with Crippen molar-refractivity contribution in [2.24, 2.45) is 0 Å². The molecule has 0 bridgehead atoms. The minimum Gasteiger partial charge on any atom is -0.194 e. The fourth-order valence-corrected chi connectivity index (χ4v) is 1.90. The molecule has 0 spiro atoms. The smallest absolute Gasteiger partial charge is 0.194 e. The minimum absolute atomic E-state index is 0.0594. The Bertz CT molecular complexity index is 444. The SMILES string of the molecule is CC(C)(C)c1cccc(CS(=O)(=O)F)c1. The highest BCUT2D eigenvalue weighted by Crippen LogP contribution is 2.23. The molecule has 1 rings (SSSR count). The van der Waals surface area contributed by atoms with Gasteiger partial charge in [0.2, 0.25) is 0 Å². The molecule has 0 saturated carbocycles. The lowest BCUT2D eigenvalue weighted by atomic mass is 9.86. The Kier molecular flexibility index (Phi) is 3.19. The third-order valence-corrected chi connectivity index (χ3v) is 2.81. The zero-order valence-electron chi connectivity index (χ0n) is 9.12. The Morgan fingerprint density at radius 2 is 1.87 bits per heavy atom. The lowest BCUT2D eigenvalue weighted by Crippen LogP contribution is -2.11. The highest BCUT2D eigenvalue weighted by molar-refractivity contribution is 7.85. The van der Waals surface area contributed by atoms with E-state index in [0.717, 1.165) is 5.56 Å². The highest BCUT2D eigenvalue weighted by atomic mass is 32.3. The summed E-state index contributed by atoms with van der Waals surface area (Å²) in [4.78, 5) is 0. The molecule has 0 saturated heterocycles. The lowest BCUT2D eigenvalue weighted by Gasteiger charge is -2.19. The maximum absolute atomic E-state index is 12.5. The molecule has 0 fully saturated rings. The van der Waals surface area contributed by atoms with Gasteiger partial charge in [0.25, 0.3) is 0 Å². The second-order valence-electron chi connectivity index (χ2n) is 4.63. The van der Waals surface area contributed by atoms with E-state index in [1.807, 2.05) is 26.8 Å². The standard InChI is InChI=1S/C11H15FO2S/c1-11(2,3)10-6-4-5-9(7-10)8-15(12,13)14/h4-7H,8H2,1-3H3. The number of benzene rings is 1. The zero-order valence-corrected chi connectivity index (χ0v) is 9.94. The third-order valence-electron chi connectivity index (χ3n) is 2.13. The molecule has 0 amide bonds. The fraction of sp³-hybridized carbons (Fsp3) is 0.455. The van der Waals surface area contributed by atoms with Crippen LogP contribution in [0.1, 0.15) is 31.9 Å². The van der Waals surface area contributed by atoms with Crippen LogP contribution in [0.25, 0.3) is 0 Å². The molecule has 0 N–H and O–H groups in total.